The molecule has 1 unspecified atom stereocenters. The van der Waals surface area contributed by atoms with Crippen molar-refractivity contribution in [3.63, 3.8) is 0 Å². The number of amides is 2. The molecule has 184 valence electrons. The maximum absolute atomic E-state index is 13.6. The van der Waals surface area contributed by atoms with Gasteiger partial charge < -0.3 is 10.2 Å². The van der Waals surface area contributed by atoms with Gasteiger partial charge in [0.15, 0.2) is 0 Å². The van der Waals surface area contributed by atoms with Gasteiger partial charge in [0.2, 0.25) is 11.8 Å². The monoisotopic (exact) mass is 572 g/mol. The van der Waals surface area contributed by atoms with Crippen LogP contribution in [0.5, 0.6) is 0 Å². The van der Waals surface area contributed by atoms with Crippen LogP contribution in [0.4, 0.5) is 0 Å². The number of carbonyl (C=O) groups is 2. The van der Waals surface area contributed by atoms with Gasteiger partial charge in [-0.25, -0.2) is 0 Å². The summed E-state index contributed by atoms with van der Waals surface area (Å²) in [5, 5.41) is 3.64. The fourth-order valence-corrected chi connectivity index (χ4v) is 4.89. The van der Waals surface area contributed by atoms with Crippen LogP contribution in [0.25, 0.3) is 0 Å². The van der Waals surface area contributed by atoms with Crippen molar-refractivity contribution < 1.29 is 9.59 Å². The average Bonchev–Trinajstić information content (AvgIpc) is 2.87. The van der Waals surface area contributed by atoms with Crippen LogP contribution in [0, 0.1) is 0 Å². The van der Waals surface area contributed by atoms with Gasteiger partial charge in [-0.3, -0.25) is 9.59 Å². The van der Waals surface area contributed by atoms with Gasteiger partial charge in [-0.1, -0.05) is 89.1 Å². The maximum atomic E-state index is 13.6. The summed E-state index contributed by atoms with van der Waals surface area (Å²) < 4.78 is 1.03. The molecule has 3 rings (SSSR count). The molecule has 3 aromatic rings. The summed E-state index contributed by atoms with van der Waals surface area (Å²) in [6, 6.07) is 24.8. The smallest absolute Gasteiger partial charge is 0.243 e. The Hall–Kier alpha value is -2.28. The third kappa shape index (κ3) is 9.02. The van der Waals surface area contributed by atoms with Crippen molar-refractivity contribution in [2.45, 2.75) is 38.1 Å². The molecule has 1 N–H and O–H groups in total. The Morgan fingerprint density at radius 1 is 0.943 bits per heavy atom. The molecule has 0 fully saturated rings. The molecule has 0 aromatic heterocycles. The summed E-state index contributed by atoms with van der Waals surface area (Å²) in [4.78, 5) is 28.6. The minimum atomic E-state index is -0.611. The molecule has 35 heavy (non-hydrogen) atoms. The van der Waals surface area contributed by atoms with Gasteiger partial charge in [0.05, 0.1) is 5.75 Å². The van der Waals surface area contributed by atoms with Crippen molar-refractivity contribution in [1.82, 2.24) is 10.2 Å². The van der Waals surface area contributed by atoms with Crippen LogP contribution in [-0.2, 0) is 28.3 Å². The van der Waals surface area contributed by atoms with Gasteiger partial charge in [0, 0.05) is 34.8 Å². The fraction of sp³-hybridized carbons (Fsp3) is 0.286. The second-order valence-electron chi connectivity index (χ2n) is 8.26. The molecule has 3 aromatic carbocycles. The van der Waals surface area contributed by atoms with Crippen molar-refractivity contribution in [2.24, 2.45) is 0 Å². The van der Waals surface area contributed by atoms with E-state index in [0.717, 1.165) is 33.3 Å². The third-order valence-electron chi connectivity index (χ3n) is 5.49. The van der Waals surface area contributed by atoms with Crippen molar-refractivity contribution in [3.05, 3.63) is 105 Å². The Balaban J connectivity index is 1.81. The van der Waals surface area contributed by atoms with E-state index in [1.54, 1.807) is 16.7 Å². The summed E-state index contributed by atoms with van der Waals surface area (Å²) in [5.74, 6) is 0.820. The van der Waals surface area contributed by atoms with E-state index < -0.39 is 6.04 Å². The number of rotatable bonds is 12. The number of nitrogens with zero attached hydrogens (tertiary/aromatic N) is 1. The minimum absolute atomic E-state index is 0.0605. The summed E-state index contributed by atoms with van der Waals surface area (Å²) in [6.07, 6.45) is 1.28. The van der Waals surface area contributed by atoms with Gasteiger partial charge in [-0.2, -0.15) is 0 Å². The number of halogens is 2. The van der Waals surface area contributed by atoms with Crippen molar-refractivity contribution in [1.29, 1.82) is 0 Å². The van der Waals surface area contributed by atoms with Gasteiger partial charge in [-0.15, -0.1) is 11.8 Å². The highest BCUT2D eigenvalue weighted by molar-refractivity contribution is 9.10. The number of hydrogen-bond donors (Lipinski definition) is 1. The Morgan fingerprint density at radius 2 is 1.60 bits per heavy atom. The van der Waals surface area contributed by atoms with E-state index in [2.05, 4.69) is 21.2 Å². The minimum Gasteiger partial charge on any atom is -0.354 e. The van der Waals surface area contributed by atoms with E-state index in [0.29, 0.717) is 24.5 Å². The standard InChI is InChI=1S/C28H30BrClN2O2S/c1-2-16-31-28(34)26(17-21-6-4-3-5-7-21)32(18-22-10-14-25(30)15-11-22)27(33)20-35-19-23-8-12-24(29)13-9-23/h3-15,26H,2,16-20H2,1H3,(H,31,34). The van der Waals surface area contributed by atoms with Crippen LogP contribution in [0.15, 0.2) is 83.3 Å². The molecule has 1 atom stereocenters. The Morgan fingerprint density at radius 3 is 2.26 bits per heavy atom. The molecule has 0 bridgehead atoms. The summed E-state index contributed by atoms with van der Waals surface area (Å²) in [7, 11) is 0. The van der Waals surface area contributed by atoms with E-state index >= 15 is 0 Å². The van der Waals surface area contributed by atoms with Gasteiger partial charge in [0.25, 0.3) is 0 Å². The molecule has 0 saturated carbocycles. The Bertz CT molecular complexity index is 1080. The molecular weight excluding hydrogens is 544 g/mol. The Labute approximate surface area is 225 Å². The molecule has 2 amide bonds. The first kappa shape index (κ1) is 27.3. The highest BCUT2D eigenvalue weighted by Crippen LogP contribution is 2.20. The number of carbonyl (C=O) groups excluding carboxylic acids is 2. The lowest BCUT2D eigenvalue weighted by molar-refractivity contribution is -0.139. The predicted octanol–water partition coefficient (Wildman–Crippen LogP) is 6.50. The first-order valence-corrected chi connectivity index (χ1v) is 14.0. The van der Waals surface area contributed by atoms with Crippen LogP contribution < -0.4 is 5.32 Å². The Kier molecular flexibility index (Phi) is 11.2. The molecule has 0 heterocycles. The van der Waals surface area contributed by atoms with Crippen LogP contribution in [0.2, 0.25) is 5.02 Å². The predicted molar refractivity (Wildman–Crippen MR) is 150 cm³/mol. The molecule has 0 aliphatic heterocycles. The topological polar surface area (TPSA) is 49.4 Å². The van der Waals surface area contributed by atoms with Crippen LogP contribution >= 0.6 is 39.3 Å². The van der Waals surface area contributed by atoms with Crippen LogP contribution in [0.3, 0.4) is 0 Å². The van der Waals surface area contributed by atoms with E-state index in [9.17, 15) is 9.59 Å². The number of benzene rings is 3. The lowest BCUT2D eigenvalue weighted by Crippen LogP contribution is -2.51. The summed E-state index contributed by atoms with van der Waals surface area (Å²) >= 11 is 11.1. The molecular formula is C28H30BrClN2O2S. The number of hydrogen-bond acceptors (Lipinski definition) is 3. The molecule has 0 saturated heterocycles. The number of thioether (sulfide) groups is 1. The van der Waals surface area contributed by atoms with Crippen molar-refractivity contribution >= 4 is 51.1 Å². The van der Waals surface area contributed by atoms with Crippen LogP contribution in [0.1, 0.15) is 30.0 Å². The SMILES string of the molecule is CCCNC(=O)C(Cc1ccccc1)N(Cc1ccc(Cl)cc1)C(=O)CSCc1ccc(Br)cc1. The molecule has 4 nitrogen and oxygen atoms in total. The zero-order valence-electron chi connectivity index (χ0n) is 19.8. The van der Waals surface area contributed by atoms with Crippen LogP contribution in [-0.4, -0.2) is 35.1 Å². The zero-order valence-corrected chi connectivity index (χ0v) is 22.9. The largest absolute Gasteiger partial charge is 0.354 e. The number of nitrogens with one attached hydrogen (secondary N) is 1. The fourth-order valence-electron chi connectivity index (χ4n) is 3.63. The first-order chi connectivity index (χ1) is 17.0. The average molecular weight is 574 g/mol. The highest BCUT2D eigenvalue weighted by atomic mass is 79.9. The van der Waals surface area contributed by atoms with E-state index in [1.165, 1.54) is 0 Å². The summed E-state index contributed by atoms with van der Waals surface area (Å²) in [5.41, 5.74) is 3.10. The normalized spacial score (nSPS) is 11.6. The lowest BCUT2D eigenvalue weighted by atomic mass is 10.0. The lowest BCUT2D eigenvalue weighted by Gasteiger charge is -2.31. The van der Waals surface area contributed by atoms with Gasteiger partial charge in [-0.05, 0) is 47.4 Å². The third-order valence-corrected chi connectivity index (χ3v) is 7.26. The zero-order chi connectivity index (χ0) is 25.0. The van der Waals surface area contributed by atoms with E-state index in [1.807, 2.05) is 85.8 Å². The molecule has 0 aliphatic rings. The second kappa shape index (κ2) is 14.3. The van der Waals surface area contributed by atoms with Crippen molar-refractivity contribution in [3.8, 4) is 0 Å². The second-order valence-corrected chi connectivity index (χ2v) is 10.6. The quantitative estimate of drug-likeness (QED) is 0.269. The summed E-state index contributed by atoms with van der Waals surface area (Å²) in [6.45, 7) is 2.93. The molecule has 0 aliphatic carbocycles. The molecule has 0 radical (unpaired) electrons. The maximum Gasteiger partial charge on any atom is 0.243 e. The molecule has 0 spiro atoms. The van der Waals surface area contributed by atoms with Gasteiger partial charge in [0.1, 0.15) is 6.04 Å². The van der Waals surface area contributed by atoms with Gasteiger partial charge >= 0.3 is 0 Å². The first-order valence-electron chi connectivity index (χ1n) is 11.6. The van der Waals surface area contributed by atoms with Crippen molar-refractivity contribution in [2.75, 3.05) is 12.3 Å². The van der Waals surface area contributed by atoms with E-state index in [4.69, 9.17) is 11.6 Å². The van der Waals surface area contributed by atoms with E-state index in [-0.39, 0.29) is 17.6 Å². The highest BCUT2D eigenvalue weighted by Gasteiger charge is 2.30. The molecule has 7 heteroatoms.